The van der Waals surface area contributed by atoms with Crippen molar-refractivity contribution < 1.29 is 4.79 Å². The van der Waals surface area contributed by atoms with Gasteiger partial charge in [0.1, 0.15) is 0 Å². The maximum Gasteiger partial charge on any atom is 0.236 e. The van der Waals surface area contributed by atoms with Crippen LogP contribution in [0.3, 0.4) is 0 Å². The summed E-state index contributed by atoms with van der Waals surface area (Å²) in [5.74, 6) is 0.209. The lowest BCUT2D eigenvalue weighted by atomic mass is 10.1. The van der Waals surface area contributed by atoms with Crippen molar-refractivity contribution in [3.63, 3.8) is 0 Å². The van der Waals surface area contributed by atoms with Crippen molar-refractivity contribution in [2.45, 2.75) is 25.9 Å². The molecule has 0 unspecified atom stereocenters. The van der Waals surface area contributed by atoms with Gasteiger partial charge in [-0.05, 0) is 26.3 Å². The minimum Gasteiger partial charge on any atom is -0.333 e. The Balaban J connectivity index is 1.57. The second kappa shape index (κ2) is 7.19. The van der Waals surface area contributed by atoms with Gasteiger partial charge >= 0.3 is 0 Å². The number of nitrogens with one attached hydrogen (secondary N) is 2. The largest absolute Gasteiger partial charge is 0.333 e. The maximum absolute atomic E-state index is 12.0. The molecule has 0 aliphatic carbocycles. The third-order valence-electron chi connectivity index (χ3n) is 3.53. The minimum absolute atomic E-state index is 0.0814. The number of hydrogen-bond acceptors (Lipinski definition) is 5. The molecule has 0 spiro atoms. The van der Waals surface area contributed by atoms with E-state index in [-0.39, 0.29) is 5.91 Å². The number of benzene rings is 1. The standard InChI is InChI=1S/C17H18N4OS2/c1-10-4-6-13(7-5-10)14-8-18-16(20-14)23-9-15(22)21-17-19-11(2)12(3)24-17/h4-8H,9H2,1-3H3,(H,18,20)(H,19,21,22). The summed E-state index contributed by atoms with van der Waals surface area (Å²) in [4.78, 5) is 25.0. The molecule has 3 rings (SSSR count). The van der Waals surface area contributed by atoms with Crippen LogP contribution in [-0.2, 0) is 4.79 Å². The SMILES string of the molecule is Cc1ccc(-c2cnc(SCC(=O)Nc3nc(C)c(C)s3)[nH]2)cc1. The van der Waals surface area contributed by atoms with Gasteiger partial charge in [-0.2, -0.15) is 0 Å². The van der Waals surface area contributed by atoms with Crippen LogP contribution in [-0.4, -0.2) is 26.6 Å². The zero-order valence-electron chi connectivity index (χ0n) is 13.7. The molecule has 0 aliphatic rings. The Kier molecular flexibility index (Phi) is 5.01. The highest BCUT2D eigenvalue weighted by Crippen LogP contribution is 2.23. The smallest absolute Gasteiger partial charge is 0.236 e. The molecule has 3 aromatic rings. The van der Waals surface area contributed by atoms with Crippen LogP contribution in [0.4, 0.5) is 5.13 Å². The fourth-order valence-electron chi connectivity index (χ4n) is 2.07. The average Bonchev–Trinajstić information content (AvgIpc) is 3.13. The first-order chi connectivity index (χ1) is 11.5. The number of thioether (sulfide) groups is 1. The molecule has 0 saturated carbocycles. The number of carbonyl (C=O) groups is 1. The molecular formula is C17H18N4OS2. The lowest BCUT2D eigenvalue weighted by Crippen LogP contribution is -2.13. The van der Waals surface area contributed by atoms with Gasteiger partial charge in [0, 0.05) is 4.88 Å². The minimum atomic E-state index is -0.0814. The quantitative estimate of drug-likeness (QED) is 0.671. The number of amides is 1. The Morgan fingerprint density at radius 1 is 1.25 bits per heavy atom. The number of aromatic nitrogens is 3. The Hall–Kier alpha value is -2.12. The molecule has 0 fully saturated rings. The number of thiazole rings is 1. The normalized spacial score (nSPS) is 10.8. The van der Waals surface area contributed by atoms with E-state index in [2.05, 4.69) is 51.5 Å². The van der Waals surface area contributed by atoms with Gasteiger partial charge in [-0.25, -0.2) is 9.97 Å². The van der Waals surface area contributed by atoms with E-state index in [1.54, 1.807) is 6.20 Å². The first kappa shape index (κ1) is 16.7. The number of imidazole rings is 1. The zero-order valence-corrected chi connectivity index (χ0v) is 15.3. The summed E-state index contributed by atoms with van der Waals surface area (Å²) in [7, 11) is 0. The molecular weight excluding hydrogens is 340 g/mol. The number of rotatable bonds is 5. The summed E-state index contributed by atoms with van der Waals surface area (Å²) in [6, 6.07) is 8.23. The molecule has 0 saturated heterocycles. The fraction of sp³-hybridized carbons (Fsp3) is 0.235. The first-order valence-corrected chi connectivity index (χ1v) is 9.30. The number of anilines is 1. The molecule has 1 amide bonds. The van der Waals surface area contributed by atoms with E-state index in [0.29, 0.717) is 10.9 Å². The Labute approximate surface area is 148 Å². The number of hydrogen-bond donors (Lipinski definition) is 2. The van der Waals surface area contributed by atoms with E-state index in [4.69, 9.17) is 0 Å². The van der Waals surface area contributed by atoms with Gasteiger partial charge in [-0.15, -0.1) is 11.3 Å². The van der Waals surface area contributed by atoms with E-state index in [0.717, 1.165) is 27.0 Å². The van der Waals surface area contributed by atoms with Crippen molar-refractivity contribution in [3.05, 3.63) is 46.6 Å². The van der Waals surface area contributed by atoms with Crippen molar-refractivity contribution in [2.24, 2.45) is 0 Å². The number of H-pyrrole nitrogens is 1. The van der Waals surface area contributed by atoms with Crippen LogP contribution >= 0.6 is 23.1 Å². The van der Waals surface area contributed by atoms with Crippen LogP contribution in [0.15, 0.2) is 35.6 Å². The lowest BCUT2D eigenvalue weighted by molar-refractivity contribution is -0.113. The van der Waals surface area contributed by atoms with Gasteiger partial charge in [-0.1, -0.05) is 41.6 Å². The van der Waals surface area contributed by atoms with Gasteiger partial charge in [0.05, 0.1) is 23.3 Å². The number of carbonyl (C=O) groups excluding carboxylic acids is 1. The van der Waals surface area contributed by atoms with E-state index in [1.165, 1.54) is 28.7 Å². The van der Waals surface area contributed by atoms with Gasteiger partial charge in [0.15, 0.2) is 10.3 Å². The summed E-state index contributed by atoms with van der Waals surface area (Å²) in [5.41, 5.74) is 4.20. The summed E-state index contributed by atoms with van der Waals surface area (Å²) < 4.78 is 0. The average molecular weight is 358 g/mol. The van der Waals surface area contributed by atoms with Crippen LogP contribution in [0.25, 0.3) is 11.3 Å². The summed E-state index contributed by atoms with van der Waals surface area (Å²) in [5, 5.41) is 4.20. The van der Waals surface area contributed by atoms with Crippen LogP contribution < -0.4 is 5.32 Å². The molecule has 2 heterocycles. The maximum atomic E-state index is 12.0. The predicted octanol–water partition coefficient (Wildman–Crippen LogP) is 4.19. The van der Waals surface area contributed by atoms with Crippen LogP contribution in [0, 0.1) is 20.8 Å². The highest BCUT2D eigenvalue weighted by atomic mass is 32.2. The predicted molar refractivity (Wildman–Crippen MR) is 99.7 cm³/mol. The van der Waals surface area contributed by atoms with Crippen LogP contribution in [0.2, 0.25) is 0 Å². The third-order valence-corrected chi connectivity index (χ3v) is 5.41. The fourth-order valence-corrected chi connectivity index (χ4v) is 3.55. The number of aryl methyl sites for hydroxylation is 3. The highest BCUT2D eigenvalue weighted by molar-refractivity contribution is 7.99. The van der Waals surface area contributed by atoms with Crippen LogP contribution in [0.5, 0.6) is 0 Å². The van der Waals surface area contributed by atoms with E-state index >= 15 is 0 Å². The first-order valence-electron chi connectivity index (χ1n) is 7.50. The Bertz CT molecular complexity index is 832. The van der Waals surface area contributed by atoms with E-state index < -0.39 is 0 Å². The zero-order chi connectivity index (χ0) is 17.1. The van der Waals surface area contributed by atoms with Gasteiger partial charge in [-0.3, -0.25) is 4.79 Å². The molecule has 0 radical (unpaired) electrons. The molecule has 2 N–H and O–H groups in total. The summed E-state index contributed by atoms with van der Waals surface area (Å²) in [6.07, 6.45) is 1.79. The second-order valence-corrected chi connectivity index (χ2v) is 7.63. The number of aromatic amines is 1. The third kappa shape index (κ3) is 4.04. The lowest BCUT2D eigenvalue weighted by Gasteiger charge is -2.00. The molecule has 0 bridgehead atoms. The molecule has 0 aliphatic heterocycles. The van der Waals surface area contributed by atoms with Crippen molar-refractivity contribution in [1.29, 1.82) is 0 Å². The molecule has 124 valence electrons. The highest BCUT2D eigenvalue weighted by Gasteiger charge is 2.10. The molecule has 0 atom stereocenters. The Morgan fingerprint density at radius 2 is 2.00 bits per heavy atom. The van der Waals surface area contributed by atoms with Crippen LogP contribution in [0.1, 0.15) is 16.1 Å². The number of nitrogens with zero attached hydrogens (tertiary/aromatic N) is 2. The second-order valence-electron chi connectivity index (χ2n) is 5.47. The molecule has 24 heavy (non-hydrogen) atoms. The van der Waals surface area contributed by atoms with Gasteiger partial charge in [0.2, 0.25) is 5.91 Å². The van der Waals surface area contributed by atoms with Crippen molar-refractivity contribution in [2.75, 3.05) is 11.1 Å². The summed E-state index contributed by atoms with van der Waals surface area (Å²) in [6.45, 7) is 5.99. The van der Waals surface area contributed by atoms with Gasteiger partial charge in [0.25, 0.3) is 0 Å². The monoisotopic (exact) mass is 358 g/mol. The summed E-state index contributed by atoms with van der Waals surface area (Å²) >= 11 is 2.87. The van der Waals surface area contributed by atoms with E-state index in [9.17, 15) is 4.79 Å². The van der Waals surface area contributed by atoms with Gasteiger partial charge < -0.3 is 10.3 Å². The molecule has 7 heteroatoms. The molecule has 1 aromatic carbocycles. The topological polar surface area (TPSA) is 70.7 Å². The van der Waals surface area contributed by atoms with E-state index in [1.807, 2.05) is 13.8 Å². The Morgan fingerprint density at radius 3 is 2.67 bits per heavy atom. The van der Waals surface area contributed by atoms with Crippen molar-refractivity contribution in [1.82, 2.24) is 15.0 Å². The van der Waals surface area contributed by atoms with Crippen molar-refractivity contribution in [3.8, 4) is 11.3 Å². The molecule has 2 aromatic heterocycles. The molecule has 5 nitrogen and oxygen atoms in total. The van der Waals surface area contributed by atoms with Crippen molar-refractivity contribution >= 4 is 34.1 Å².